The van der Waals surface area contributed by atoms with Gasteiger partial charge < -0.3 is 0 Å². The Morgan fingerprint density at radius 3 is 2.34 bits per heavy atom. The zero-order valence-electron chi connectivity index (χ0n) is 23.9. The minimum atomic E-state index is -0.479. The zero-order valence-corrected chi connectivity index (χ0v) is 23.9. The number of benzene rings is 5. The predicted octanol–water partition coefficient (Wildman–Crippen LogP) is 4.48. The van der Waals surface area contributed by atoms with E-state index in [1.165, 1.54) is 83.5 Å². The van der Waals surface area contributed by atoms with Gasteiger partial charge in [0.1, 0.15) is 11.1 Å². The molecule has 1 unspecified atom stereocenters. The highest BCUT2D eigenvalue weighted by Crippen LogP contribution is 2.53. The summed E-state index contributed by atoms with van der Waals surface area (Å²) in [7, 11) is 0. The molecule has 0 aliphatic carbocycles. The molecule has 0 N–H and O–H groups in total. The summed E-state index contributed by atoms with van der Waals surface area (Å²) in [5.74, 6) is 1.24. The number of nitrogens with zero attached hydrogens (tertiary/aromatic N) is 3. The van der Waals surface area contributed by atoms with E-state index in [-0.39, 0.29) is 6.71 Å². The van der Waals surface area contributed by atoms with Crippen molar-refractivity contribution in [2.45, 2.75) is 24.9 Å². The average molecular weight is 557 g/mol. The van der Waals surface area contributed by atoms with Crippen LogP contribution >= 0.6 is 0 Å². The van der Waals surface area contributed by atoms with Gasteiger partial charge in [-0.05, 0) is 76.4 Å². The first-order valence-electron chi connectivity index (χ1n) is 16.0. The van der Waals surface area contributed by atoms with Crippen LogP contribution in [0.1, 0.15) is 44.5 Å². The van der Waals surface area contributed by atoms with Crippen LogP contribution in [0.3, 0.4) is 0 Å². The third-order valence-corrected chi connectivity index (χ3v) is 11.9. The van der Waals surface area contributed by atoms with Crippen LogP contribution in [0.2, 0.25) is 0 Å². The minimum absolute atomic E-state index is 0.282. The maximum Gasteiger partial charge on any atom is 0.366 e. The Hall–Kier alpha value is -5.22. The fraction of sp³-hybridized carbons (Fsp3) is 0.100. The van der Waals surface area contributed by atoms with E-state index in [2.05, 4.69) is 123 Å². The lowest BCUT2D eigenvalue weighted by Gasteiger charge is -2.44. The number of fused-ring (bicyclic) bond motifs is 8. The highest BCUT2D eigenvalue weighted by Gasteiger charge is 2.71. The lowest BCUT2D eigenvalue weighted by molar-refractivity contribution is -0.881. The second kappa shape index (κ2) is 6.63. The molecule has 0 saturated carbocycles. The van der Waals surface area contributed by atoms with E-state index in [0.717, 1.165) is 19.3 Å². The fourth-order valence-corrected chi connectivity index (χ4v) is 10.7. The molecule has 1 atom stereocenters. The van der Waals surface area contributed by atoms with Crippen LogP contribution in [-0.2, 0) is 24.9 Å². The third-order valence-electron chi connectivity index (χ3n) is 11.9. The molecule has 7 aromatic rings. The normalized spacial score (nSPS) is 19.5. The van der Waals surface area contributed by atoms with E-state index in [1.54, 1.807) is 16.4 Å². The summed E-state index contributed by atoms with van der Waals surface area (Å²) in [6, 6.07) is 39.7. The number of aromatic nitrogens is 2. The molecule has 44 heavy (non-hydrogen) atoms. The van der Waals surface area contributed by atoms with Gasteiger partial charge in [0.2, 0.25) is 12.4 Å². The molecule has 5 aromatic carbocycles. The Labute approximate surface area is 254 Å². The van der Waals surface area contributed by atoms with Crippen LogP contribution in [0, 0.1) is 0 Å². The van der Waals surface area contributed by atoms with E-state index in [4.69, 9.17) is 0 Å². The predicted molar refractivity (Wildman–Crippen MR) is 174 cm³/mol. The van der Waals surface area contributed by atoms with Gasteiger partial charge in [0.05, 0.1) is 23.7 Å². The maximum absolute atomic E-state index is 2.78. The average Bonchev–Trinajstić information content (AvgIpc) is 3.70. The maximum atomic E-state index is 2.78. The molecule has 0 saturated heterocycles. The summed E-state index contributed by atoms with van der Waals surface area (Å²) >= 11 is 0. The van der Waals surface area contributed by atoms with Crippen molar-refractivity contribution in [2.24, 2.45) is 0 Å². The van der Waals surface area contributed by atoms with Gasteiger partial charge in [0.15, 0.2) is 11.2 Å². The molecule has 1 spiro atoms. The van der Waals surface area contributed by atoms with E-state index in [9.17, 15) is 0 Å². The standard InChI is InChI=1S/C40H24BN3/c1-3-12-30-22(8-1)21-32-28-16-15-25-18-23-9-7-10-24-19-26-20-29-27-11-2-4-13-31(27)43-33-14-5-6-17-42(33)40(44(30)32)34(28)37(25)41(36(23)24)38(26)35(40)39(29)43/h1-17,20H,18-19,21H2/q+2. The molecular formula is C40H24BN3+2. The molecule has 6 aliphatic heterocycles. The van der Waals surface area contributed by atoms with Crippen molar-refractivity contribution in [3.05, 3.63) is 154 Å². The minimum Gasteiger partial charge on any atom is -0.191 e. The molecule has 0 radical (unpaired) electrons. The van der Waals surface area contributed by atoms with E-state index < -0.39 is 5.66 Å². The van der Waals surface area contributed by atoms with Crippen LogP contribution in [0.4, 0.5) is 5.69 Å². The molecule has 0 fully saturated rings. The summed E-state index contributed by atoms with van der Waals surface area (Å²) < 4.78 is 8.02. The molecule has 3 nitrogen and oxygen atoms in total. The molecule has 0 bridgehead atoms. The summed E-state index contributed by atoms with van der Waals surface area (Å²) in [5.41, 5.74) is 21.8. The Kier molecular flexibility index (Phi) is 3.24. The van der Waals surface area contributed by atoms with Crippen LogP contribution in [0.5, 0.6) is 0 Å². The number of para-hydroxylation sites is 2. The van der Waals surface area contributed by atoms with E-state index in [0.29, 0.717) is 0 Å². The van der Waals surface area contributed by atoms with Gasteiger partial charge in [0.25, 0.3) is 5.82 Å². The van der Waals surface area contributed by atoms with Gasteiger partial charge in [-0.25, -0.2) is 0 Å². The number of hydrogen-bond donors (Lipinski definition) is 0. The van der Waals surface area contributed by atoms with Gasteiger partial charge in [-0.1, -0.05) is 66.1 Å². The van der Waals surface area contributed by atoms with Gasteiger partial charge >= 0.3 is 5.66 Å². The summed E-state index contributed by atoms with van der Waals surface area (Å²) in [4.78, 5) is 0. The quantitative estimate of drug-likeness (QED) is 0.193. The van der Waals surface area contributed by atoms with Gasteiger partial charge in [-0.3, -0.25) is 0 Å². The molecule has 13 rings (SSSR count). The third kappa shape index (κ3) is 1.97. The topological polar surface area (TPSA) is 11.8 Å². The van der Waals surface area contributed by atoms with Crippen LogP contribution in [0.15, 0.2) is 109 Å². The second-order valence-electron chi connectivity index (χ2n) is 13.6. The summed E-state index contributed by atoms with van der Waals surface area (Å²) in [6.07, 6.45) is 5.36. The fourth-order valence-electron chi connectivity index (χ4n) is 10.7. The van der Waals surface area contributed by atoms with Crippen molar-refractivity contribution >= 4 is 56.3 Å². The Balaban J connectivity index is 1.36. The molecule has 200 valence electrons. The molecule has 6 aliphatic rings. The first kappa shape index (κ1) is 21.5. The summed E-state index contributed by atoms with van der Waals surface area (Å²) in [5, 5.41) is 2.74. The first-order chi connectivity index (χ1) is 21.8. The monoisotopic (exact) mass is 557 g/mol. The van der Waals surface area contributed by atoms with Gasteiger partial charge in [-0.15, -0.1) is 4.58 Å². The van der Waals surface area contributed by atoms with Gasteiger partial charge in [-0.2, -0.15) is 9.13 Å². The Bertz CT molecular complexity index is 2660. The number of pyridine rings is 1. The molecular weight excluding hydrogens is 533 g/mol. The number of rotatable bonds is 0. The van der Waals surface area contributed by atoms with Crippen molar-refractivity contribution in [2.75, 3.05) is 0 Å². The molecule has 8 heterocycles. The van der Waals surface area contributed by atoms with Crippen LogP contribution in [-0.4, -0.2) is 21.6 Å². The van der Waals surface area contributed by atoms with E-state index >= 15 is 0 Å². The zero-order chi connectivity index (χ0) is 28.1. The van der Waals surface area contributed by atoms with Crippen molar-refractivity contribution in [3.8, 4) is 5.82 Å². The largest absolute Gasteiger partial charge is 0.366 e. The van der Waals surface area contributed by atoms with Crippen LogP contribution in [0.25, 0.3) is 27.6 Å². The van der Waals surface area contributed by atoms with Crippen molar-refractivity contribution in [1.82, 2.24) is 4.57 Å². The summed E-state index contributed by atoms with van der Waals surface area (Å²) in [6.45, 7) is 0.282. The second-order valence-corrected chi connectivity index (χ2v) is 13.6. The Morgan fingerprint density at radius 2 is 1.39 bits per heavy atom. The molecule has 0 amide bonds. The number of hydrogen-bond acceptors (Lipinski definition) is 0. The highest BCUT2D eigenvalue weighted by atomic mass is 15.4. The lowest BCUT2D eigenvalue weighted by Crippen LogP contribution is -2.76. The van der Waals surface area contributed by atoms with Crippen molar-refractivity contribution in [1.29, 1.82) is 0 Å². The van der Waals surface area contributed by atoms with Gasteiger partial charge in [0, 0.05) is 28.5 Å². The van der Waals surface area contributed by atoms with Crippen molar-refractivity contribution in [3.63, 3.8) is 0 Å². The van der Waals surface area contributed by atoms with E-state index in [1.807, 2.05) is 0 Å². The highest BCUT2D eigenvalue weighted by molar-refractivity contribution is 6.98. The smallest absolute Gasteiger partial charge is 0.191 e. The SMILES string of the molecule is c1ccc2c(c1)CC1=[N+]2C23c4c1ccc1c4B4c5c(cccc5Cc5cc6c7ccccc7n(c6c2c54)-c2cccc[n+]23)C1. The molecule has 2 aromatic heterocycles. The lowest BCUT2D eigenvalue weighted by atomic mass is 9.27. The molecule has 4 heteroatoms. The van der Waals surface area contributed by atoms with Crippen molar-refractivity contribution < 1.29 is 9.14 Å². The van der Waals surface area contributed by atoms with Crippen LogP contribution < -0.4 is 21.0 Å². The first-order valence-corrected chi connectivity index (χ1v) is 16.0. The Morgan fingerprint density at radius 1 is 0.614 bits per heavy atom.